The molecule has 0 aromatic rings. The summed E-state index contributed by atoms with van der Waals surface area (Å²) in [4.78, 5) is 14.9. The molecule has 1 atom stereocenters. The molecule has 1 aliphatic heterocycles. The quantitative estimate of drug-likeness (QED) is 0.783. The lowest BCUT2D eigenvalue weighted by Crippen LogP contribution is -2.37. The fourth-order valence-electron chi connectivity index (χ4n) is 3.42. The first-order valence-electron chi connectivity index (χ1n) is 8.23. The lowest BCUT2D eigenvalue weighted by molar-refractivity contribution is -0.133. The molecule has 1 aliphatic carbocycles. The standard InChI is InChI=1S/C16H30N2O.ClH/c1-3-5-11-18(12-6-4-2)15(19)14-13-16(14)7-9-17-10-8-16;/h14,17H,3-13H2,1-2H3;1H. The van der Waals surface area contributed by atoms with E-state index in [4.69, 9.17) is 0 Å². The summed E-state index contributed by atoms with van der Waals surface area (Å²) in [7, 11) is 0. The Morgan fingerprint density at radius 3 is 2.20 bits per heavy atom. The maximum absolute atomic E-state index is 12.7. The molecule has 4 heteroatoms. The van der Waals surface area contributed by atoms with Crippen molar-refractivity contribution in [3.8, 4) is 0 Å². The van der Waals surface area contributed by atoms with Gasteiger partial charge in [-0.05, 0) is 50.6 Å². The van der Waals surface area contributed by atoms with E-state index in [1.54, 1.807) is 0 Å². The number of nitrogens with one attached hydrogen (secondary N) is 1. The highest BCUT2D eigenvalue weighted by Gasteiger charge is 2.58. The Kier molecular flexibility index (Phi) is 7.32. The van der Waals surface area contributed by atoms with E-state index in [0.29, 0.717) is 17.2 Å². The van der Waals surface area contributed by atoms with Crippen LogP contribution in [0.25, 0.3) is 0 Å². The molecule has 1 amide bonds. The first kappa shape index (κ1) is 17.8. The van der Waals surface area contributed by atoms with Crippen LogP contribution in [0.5, 0.6) is 0 Å². The van der Waals surface area contributed by atoms with Crippen molar-refractivity contribution in [3.63, 3.8) is 0 Å². The highest BCUT2D eigenvalue weighted by Crippen LogP contribution is 2.59. The summed E-state index contributed by atoms with van der Waals surface area (Å²) in [5.41, 5.74) is 0.388. The fraction of sp³-hybridized carbons (Fsp3) is 0.938. The Labute approximate surface area is 130 Å². The molecular weight excluding hydrogens is 272 g/mol. The first-order valence-corrected chi connectivity index (χ1v) is 8.23. The molecule has 20 heavy (non-hydrogen) atoms. The van der Waals surface area contributed by atoms with E-state index in [9.17, 15) is 4.79 Å². The summed E-state index contributed by atoms with van der Waals surface area (Å²) in [5.74, 6) is 0.812. The molecule has 1 saturated heterocycles. The highest BCUT2D eigenvalue weighted by atomic mass is 35.5. The number of amides is 1. The highest BCUT2D eigenvalue weighted by molar-refractivity contribution is 5.85. The largest absolute Gasteiger partial charge is 0.342 e. The summed E-state index contributed by atoms with van der Waals surface area (Å²) in [6.07, 6.45) is 8.22. The summed E-state index contributed by atoms with van der Waals surface area (Å²) in [6, 6.07) is 0. The van der Waals surface area contributed by atoms with Crippen LogP contribution in [0, 0.1) is 11.3 Å². The minimum absolute atomic E-state index is 0. The van der Waals surface area contributed by atoms with Gasteiger partial charge in [-0.15, -0.1) is 12.4 Å². The number of carbonyl (C=O) groups is 1. The van der Waals surface area contributed by atoms with E-state index in [0.717, 1.165) is 45.4 Å². The maximum Gasteiger partial charge on any atom is 0.226 e. The van der Waals surface area contributed by atoms with Gasteiger partial charge in [-0.3, -0.25) is 4.79 Å². The van der Waals surface area contributed by atoms with E-state index >= 15 is 0 Å². The van der Waals surface area contributed by atoms with Crippen LogP contribution in [0.1, 0.15) is 58.8 Å². The molecule has 0 aromatic carbocycles. The van der Waals surface area contributed by atoms with Crippen molar-refractivity contribution in [2.45, 2.75) is 58.8 Å². The summed E-state index contributed by atoms with van der Waals surface area (Å²) in [5, 5.41) is 3.41. The Morgan fingerprint density at radius 1 is 1.15 bits per heavy atom. The van der Waals surface area contributed by atoms with E-state index in [-0.39, 0.29) is 12.4 Å². The number of unbranched alkanes of at least 4 members (excludes halogenated alkanes) is 2. The molecule has 118 valence electrons. The molecular formula is C16H31ClN2O. The molecule has 1 N–H and O–H groups in total. The third-order valence-electron chi connectivity index (χ3n) is 4.96. The van der Waals surface area contributed by atoms with Gasteiger partial charge in [-0.2, -0.15) is 0 Å². The average molecular weight is 303 g/mol. The third-order valence-corrected chi connectivity index (χ3v) is 4.96. The summed E-state index contributed by atoms with van der Waals surface area (Å²) < 4.78 is 0. The molecule has 2 rings (SSSR count). The van der Waals surface area contributed by atoms with Crippen molar-refractivity contribution in [1.29, 1.82) is 0 Å². The van der Waals surface area contributed by atoms with E-state index in [1.807, 2.05) is 0 Å². The van der Waals surface area contributed by atoms with Crippen molar-refractivity contribution < 1.29 is 4.79 Å². The van der Waals surface area contributed by atoms with Gasteiger partial charge in [0.15, 0.2) is 0 Å². The number of rotatable bonds is 7. The minimum atomic E-state index is 0. The van der Waals surface area contributed by atoms with Crippen LogP contribution in [0.15, 0.2) is 0 Å². The van der Waals surface area contributed by atoms with Gasteiger partial charge in [0.25, 0.3) is 0 Å². The Hall–Kier alpha value is -0.280. The molecule has 1 unspecified atom stereocenters. The van der Waals surface area contributed by atoms with Gasteiger partial charge in [0.2, 0.25) is 5.91 Å². The molecule has 0 bridgehead atoms. The van der Waals surface area contributed by atoms with Crippen LogP contribution in [-0.2, 0) is 4.79 Å². The average Bonchev–Trinajstić information content (AvgIpc) is 3.12. The minimum Gasteiger partial charge on any atom is -0.342 e. The second kappa shape index (κ2) is 8.23. The summed E-state index contributed by atoms with van der Waals surface area (Å²) in [6.45, 7) is 8.56. The van der Waals surface area contributed by atoms with Crippen LogP contribution in [-0.4, -0.2) is 37.0 Å². The maximum atomic E-state index is 12.7. The van der Waals surface area contributed by atoms with E-state index in [2.05, 4.69) is 24.1 Å². The number of hydrogen-bond donors (Lipinski definition) is 1. The van der Waals surface area contributed by atoms with E-state index < -0.39 is 0 Å². The molecule has 2 fully saturated rings. The van der Waals surface area contributed by atoms with Crippen molar-refractivity contribution >= 4 is 18.3 Å². The Bertz CT molecular complexity index is 295. The van der Waals surface area contributed by atoms with E-state index in [1.165, 1.54) is 25.7 Å². The van der Waals surface area contributed by atoms with Crippen molar-refractivity contribution in [2.75, 3.05) is 26.2 Å². The van der Waals surface area contributed by atoms with Gasteiger partial charge in [0, 0.05) is 19.0 Å². The van der Waals surface area contributed by atoms with Crippen LogP contribution >= 0.6 is 12.4 Å². The normalized spacial score (nSPS) is 23.2. The number of piperidine rings is 1. The molecule has 0 radical (unpaired) electrons. The second-order valence-corrected chi connectivity index (χ2v) is 6.40. The second-order valence-electron chi connectivity index (χ2n) is 6.40. The predicted molar refractivity (Wildman–Crippen MR) is 86.3 cm³/mol. The van der Waals surface area contributed by atoms with Gasteiger partial charge in [0.1, 0.15) is 0 Å². The Morgan fingerprint density at radius 2 is 1.70 bits per heavy atom. The topological polar surface area (TPSA) is 32.3 Å². The number of carbonyl (C=O) groups excluding carboxylic acids is 1. The molecule has 1 heterocycles. The molecule has 1 spiro atoms. The Balaban J connectivity index is 0.00000200. The molecule has 2 aliphatic rings. The van der Waals surface area contributed by atoms with Gasteiger partial charge >= 0.3 is 0 Å². The number of hydrogen-bond acceptors (Lipinski definition) is 2. The molecule has 1 saturated carbocycles. The SMILES string of the molecule is CCCCN(CCCC)C(=O)C1CC12CCNCC2.Cl. The van der Waals surface area contributed by atoms with Crippen LogP contribution < -0.4 is 5.32 Å². The smallest absolute Gasteiger partial charge is 0.226 e. The predicted octanol–water partition coefficient (Wildman–Crippen LogP) is 3.23. The fourth-order valence-corrected chi connectivity index (χ4v) is 3.42. The van der Waals surface area contributed by atoms with Gasteiger partial charge in [-0.25, -0.2) is 0 Å². The lowest BCUT2D eigenvalue weighted by atomic mass is 9.91. The number of halogens is 1. The zero-order valence-electron chi connectivity index (χ0n) is 13.1. The zero-order chi connectivity index (χ0) is 13.7. The van der Waals surface area contributed by atoms with Crippen LogP contribution in [0.3, 0.4) is 0 Å². The lowest BCUT2D eigenvalue weighted by Gasteiger charge is -2.27. The molecule has 3 nitrogen and oxygen atoms in total. The van der Waals surface area contributed by atoms with Crippen molar-refractivity contribution in [1.82, 2.24) is 10.2 Å². The zero-order valence-corrected chi connectivity index (χ0v) is 13.9. The number of nitrogens with zero attached hydrogens (tertiary/aromatic N) is 1. The van der Waals surface area contributed by atoms with Crippen molar-refractivity contribution in [2.24, 2.45) is 11.3 Å². The van der Waals surface area contributed by atoms with Gasteiger partial charge < -0.3 is 10.2 Å². The third kappa shape index (κ3) is 4.11. The van der Waals surface area contributed by atoms with Crippen LogP contribution in [0.4, 0.5) is 0 Å². The van der Waals surface area contributed by atoms with Gasteiger partial charge in [-0.1, -0.05) is 26.7 Å². The molecule has 0 aromatic heterocycles. The summed E-state index contributed by atoms with van der Waals surface area (Å²) >= 11 is 0. The van der Waals surface area contributed by atoms with Crippen molar-refractivity contribution in [3.05, 3.63) is 0 Å². The first-order chi connectivity index (χ1) is 9.23. The van der Waals surface area contributed by atoms with Crippen LogP contribution in [0.2, 0.25) is 0 Å². The van der Waals surface area contributed by atoms with Gasteiger partial charge in [0.05, 0.1) is 0 Å². The monoisotopic (exact) mass is 302 g/mol.